The van der Waals surface area contributed by atoms with E-state index in [0.717, 1.165) is 0 Å². The minimum Gasteiger partial charge on any atom is -1.00 e. The zero-order valence-corrected chi connectivity index (χ0v) is 37.0. The van der Waals surface area contributed by atoms with Gasteiger partial charge in [0.25, 0.3) is 0 Å². The van der Waals surface area contributed by atoms with Gasteiger partial charge in [0, 0.05) is 0 Å². The molecule has 0 bridgehead atoms. The molecule has 274 valence electrons. The van der Waals surface area contributed by atoms with E-state index in [4.69, 9.17) is 0 Å². The Morgan fingerprint density at radius 1 is 0.429 bits per heavy atom. The van der Waals surface area contributed by atoms with Crippen LogP contribution in [0.2, 0.25) is 13.1 Å². The van der Waals surface area contributed by atoms with E-state index in [1.807, 2.05) is 0 Å². The Balaban J connectivity index is 0.000000175. The quantitative estimate of drug-likeness (QED) is 0.123. The van der Waals surface area contributed by atoms with Gasteiger partial charge in [0.1, 0.15) is 0 Å². The molecule has 0 saturated heterocycles. The van der Waals surface area contributed by atoms with E-state index in [9.17, 15) is 0 Å². The molecule has 0 heterocycles. The maximum atomic E-state index is 2.34. The van der Waals surface area contributed by atoms with Gasteiger partial charge in [-0.2, -0.15) is 6.07 Å². The molecule has 0 N–H and O–H groups in total. The molecule has 10 aromatic carbocycles. The largest absolute Gasteiger partial charge is 1.00 e. The van der Waals surface area contributed by atoms with Gasteiger partial charge < -0.3 is 24.8 Å². The van der Waals surface area contributed by atoms with Crippen molar-refractivity contribution in [3.63, 3.8) is 0 Å². The van der Waals surface area contributed by atoms with E-state index in [1.165, 1.54) is 98.4 Å². The molecule has 0 aliphatic carbocycles. The van der Waals surface area contributed by atoms with Gasteiger partial charge in [-0.1, -0.05) is 176 Å². The van der Waals surface area contributed by atoms with Crippen LogP contribution in [-0.4, -0.2) is 5.43 Å². The molecule has 0 saturated carbocycles. The maximum absolute atomic E-state index is 2.34. The molecule has 0 radical (unpaired) electrons. The summed E-state index contributed by atoms with van der Waals surface area (Å²) in [7, 11) is 0. The minimum absolute atomic E-state index is 0. The first-order chi connectivity index (χ1) is 26.3. The van der Waals surface area contributed by atoms with Crippen molar-refractivity contribution in [3.8, 4) is 33.4 Å². The third-order valence-electron chi connectivity index (χ3n) is 10.2. The Morgan fingerprint density at radius 3 is 1.55 bits per heavy atom. The molecular formula is C52H42Cl2SiZr-2. The van der Waals surface area contributed by atoms with Crippen LogP contribution in [0.3, 0.4) is 0 Å². The molecule has 10 rings (SSSR count). The molecule has 0 fully saturated rings. The Bertz CT molecular complexity index is 2950. The van der Waals surface area contributed by atoms with Gasteiger partial charge in [0.15, 0.2) is 0 Å². The van der Waals surface area contributed by atoms with Crippen LogP contribution < -0.4 is 24.8 Å². The maximum Gasteiger partial charge on any atom is -0.0112 e. The van der Waals surface area contributed by atoms with Crippen LogP contribution in [0.15, 0.2) is 182 Å². The zero-order chi connectivity index (χ0) is 37.2. The fourth-order valence-electron chi connectivity index (χ4n) is 7.75. The van der Waals surface area contributed by atoms with Crippen molar-refractivity contribution in [2.24, 2.45) is 0 Å². The van der Waals surface area contributed by atoms with E-state index in [1.54, 1.807) is 23.3 Å². The van der Waals surface area contributed by atoms with E-state index in [2.05, 4.69) is 209 Å². The first-order valence-electron chi connectivity index (χ1n) is 18.7. The zero-order valence-electron chi connectivity index (χ0n) is 32.1. The number of benzene rings is 8. The second-order valence-electron chi connectivity index (χ2n) is 14.5. The van der Waals surface area contributed by atoms with Crippen molar-refractivity contribution in [2.45, 2.75) is 26.9 Å². The predicted molar refractivity (Wildman–Crippen MR) is 235 cm³/mol. The summed E-state index contributed by atoms with van der Waals surface area (Å²) < 4.78 is 0. The van der Waals surface area contributed by atoms with Crippen LogP contribution in [0.5, 0.6) is 0 Å². The number of fused-ring (bicyclic) bond motifs is 5. The molecule has 10 aromatic rings. The fourth-order valence-corrected chi connectivity index (χ4v) is 7.75. The molecular weight excluding hydrogens is 815 g/mol. The number of aryl methyl sites for hydroxylation is 2. The summed E-state index contributed by atoms with van der Waals surface area (Å²) in [5, 5.41) is 13.1. The van der Waals surface area contributed by atoms with Crippen LogP contribution in [0.25, 0.3) is 87.2 Å². The molecule has 0 aliphatic rings. The van der Waals surface area contributed by atoms with Crippen LogP contribution >= 0.6 is 0 Å². The molecule has 56 heavy (non-hydrogen) atoms. The van der Waals surface area contributed by atoms with E-state index in [0.29, 0.717) is 0 Å². The number of rotatable bonds is 3. The molecule has 0 atom stereocenters. The number of hydrogen-bond donors (Lipinski definition) is 0. The third-order valence-corrected chi connectivity index (χ3v) is 10.2. The Labute approximate surface area is 358 Å². The second-order valence-corrected chi connectivity index (χ2v) is 23.8. The van der Waals surface area contributed by atoms with Crippen molar-refractivity contribution >= 4 is 59.3 Å². The van der Waals surface area contributed by atoms with Crippen LogP contribution in [0, 0.1) is 13.8 Å². The standard InChI is InChI=1S/C29H19.C21H17.C2H6Si.2ClH.Zr/c1-2-9-22-17-23(16-15-20(22)7-1)25-18-24-11-6-14-28(29(24)19-25)27-13-5-10-21-8-3-4-12-26(21)27;1-14-12-20-15(2)10-11-19(21(20)13-14)18-9-5-7-16-6-3-4-8-17(16)18;1-3-2;;;/h1-19H;3-13H,1-2H3;1-2H3;2*1H;/q2*-1;;;;+2/p-2. The van der Waals surface area contributed by atoms with Crippen molar-refractivity contribution in [1.82, 2.24) is 0 Å². The van der Waals surface area contributed by atoms with Crippen molar-refractivity contribution in [3.05, 3.63) is 193 Å². The van der Waals surface area contributed by atoms with Gasteiger partial charge in [0.05, 0.1) is 0 Å². The van der Waals surface area contributed by atoms with Crippen molar-refractivity contribution in [2.75, 3.05) is 0 Å². The summed E-state index contributed by atoms with van der Waals surface area (Å²) in [5.74, 6) is 0. The van der Waals surface area contributed by atoms with E-state index in [-0.39, 0.29) is 30.2 Å². The smallest absolute Gasteiger partial charge is 0.0112 e. The van der Waals surface area contributed by atoms with Gasteiger partial charge in [-0.05, 0) is 43.4 Å². The Kier molecular flexibility index (Phi) is 13.3. The third kappa shape index (κ3) is 8.56. The van der Waals surface area contributed by atoms with Crippen molar-refractivity contribution in [1.29, 1.82) is 0 Å². The summed E-state index contributed by atoms with van der Waals surface area (Å²) in [4.78, 5) is 0. The SMILES string of the molecule is C[Si](C)=[Zr+2].Cc1cc2c(-c3cccc4ccccc34)ccc(C)c2[cH-]1.[Cl-].[Cl-].c1ccc2cc(-c3cc4c(-c5cccc6ccccc56)cccc4[cH-]3)ccc2c1. The number of halogens is 2. The molecule has 0 spiro atoms. The summed E-state index contributed by atoms with van der Waals surface area (Å²) >= 11 is 1.74. The first kappa shape index (κ1) is 41.1. The molecule has 0 aromatic heterocycles. The molecule has 0 amide bonds. The summed E-state index contributed by atoms with van der Waals surface area (Å²) in [5.41, 5.74) is 10.7. The normalized spacial score (nSPS) is 10.7. The van der Waals surface area contributed by atoms with Gasteiger partial charge in [-0.3, -0.25) is 0 Å². The summed E-state index contributed by atoms with van der Waals surface area (Å²) in [6, 6.07) is 66.1. The fraction of sp³-hybridized carbons (Fsp3) is 0.0769. The van der Waals surface area contributed by atoms with Gasteiger partial charge in [0.2, 0.25) is 0 Å². The Morgan fingerprint density at radius 2 is 0.929 bits per heavy atom. The average molecular weight is 857 g/mol. The summed E-state index contributed by atoms with van der Waals surface area (Å²) in [6.45, 7) is 8.98. The summed E-state index contributed by atoms with van der Waals surface area (Å²) in [6.07, 6.45) is 0. The van der Waals surface area contributed by atoms with Crippen LogP contribution in [0.4, 0.5) is 0 Å². The van der Waals surface area contributed by atoms with Gasteiger partial charge in [-0.15, -0.1) is 68.6 Å². The predicted octanol–water partition coefficient (Wildman–Crippen LogP) is 8.99. The van der Waals surface area contributed by atoms with Crippen molar-refractivity contribution < 1.29 is 48.1 Å². The topological polar surface area (TPSA) is 0 Å². The monoisotopic (exact) mass is 854 g/mol. The average Bonchev–Trinajstić information content (AvgIpc) is 3.82. The second kappa shape index (κ2) is 18.1. The van der Waals surface area contributed by atoms with E-state index < -0.39 is 0 Å². The molecule has 0 aliphatic heterocycles. The van der Waals surface area contributed by atoms with Crippen LogP contribution in [0.1, 0.15) is 11.1 Å². The minimum atomic E-state index is 0. The molecule has 4 heteroatoms. The van der Waals surface area contributed by atoms with Crippen LogP contribution in [-0.2, 0) is 23.3 Å². The van der Waals surface area contributed by atoms with E-state index >= 15 is 0 Å². The first-order valence-corrected chi connectivity index (χ1v) is 24.9. The number of hydrogen-bond acceptors (Lipinski definition) is 0. The van der Waals surface area contributed by atoms with Gasteiger partial charge >= 0.3 is 41.9 Å². The molecule has 0 nitrogen and oxygen atoms in total. The molecule has 0 unspecified atom stereocenters. The van der Waals surface area contributed by atoms with Gasteiger partial charge in [-0.25, -0.2) is 0 Å². The Hall–Kier alpha value is -4.56.